The van der Waals surface area contributed by atoms with Crippen LogP contribution in [-0.4, -0.2) is 6.04 Å². The summed E-state index contributed by atoms with van der Waals surface area (Å²) in [4.78, 5) is 0. The molecule has 0 aliphatic heterocycles. The number of benzene rings is 2. The molecule has 2 aromatic rings. The third-order valence-corrected chi connectivity index (χ3v) is 3.37. The Balaban J connectivity index is 2.21. The summed E-state index contributed by atoms with van der Waals surface area (Å²) in [6.45, 7) is 6.24. The second-order valence-electron chi connectivity index (χ2n) is 5.34. The molecule has 0 aliphatic carbocycles. The van der Waals surface area contributed by atoms with Crippen LogP contribution in [0.4, 0.5) is 0 Å². The minimum absolute atomic E-state index is 0.182. The molecule has 0 fully saturated rings. The van der Waals surface area contributed by atoms with Gasteiger partial charge in [0, 0.05) is 6.04 Å². The van der Waals surface area contributed by atoms with Crippen molar-refractivity contribution in [3.05, 3.63) is 59.2 Å². The molecule has 0 aromatic heterocycles. The molecule has 2 rings (SSSR count). The van der Waals surface area contributed by atoms with E-state index in [0.717, 1.165) is 29.9 Å². The highest BCUT2D eigenvalue weighted by Crippen LogP contribution is 2.28. The molecule has 106 valence electrons. The third kappa shape index (κ3) is 3.61. The molecule has 0 radical (unpaired) electrons. The zero-order chi connectivity index (χ0) is 14.5. The van der Waals surface area contributed by atoms with Crippen LogP contribution in [0.25, 0.3) is 0 Å². The predicted octanol–water partition coefficient (Wildman–Crippen LogP) is 4.24. The van der Waals surface area contributed by atoms with Crippen LogP contribution in [-0.2, 0) is 12.8 Å². The summed E-state index contributed by atoms with van der Waals surface area (Å²) in [6.07, 6.45) is 1.87. The molecule has 0 aliphatic rings. The van der Waals surface area contributed by atoms with Crippen molar-refractivity contribution < 1.29 is 4.74 Å². The smallest absolute Gasteiger partial charge is 0.130 e. The first-order chi connectivity index (χ1) is 9.60. The molecule has 1 unspecified atom stereocenters. The van der Waals surface area contributed by atoms with Crippen LogP contribution in [0.15, 0.2) is 42.5 Å². The Hall–Kier alpha value is -1.80. The second kappa shape index (κ2) is 6.58. The molecule has 0 saturated heterocycles. The topological polar surface area (TPSA) is 35.2 Å². The minimum atomic E-state index is 0.182. The van der Waals surface area contributed by atoms with Crippen LogP contribution < -0.4 is 10.5 Å². The van der Waals surface area contributed by atoms with Gasteiger partial charge in [0.25, 0.3) is 0 Å². The van der Waals surface area contributed by atoms with E-state index in [1.54, 1.807) is 0 Å². The maximum atomic E-state index is 6.06. The molecule has 2 N–H and O–H groups in total. The van der Waals surface area contributed by atoms with Crippen molar-refractivity contribution in [2.75, 3.05) is 0 Å². The maximum Gasteiger partial charge on any atom is 0.130 e. The lowest BCUT2D eigenvalue weighted by Gasteiger charge is -2.13. The summed E-state index contributed by atoms with van der Waals surface area (Å²) < 4.78 is 6.06. The number of aryl methyl sites for hydroxylation is 2. The van der Waals surface area contributed by atoms with Crippen molar-refractivity contribution in [2.24, 2.45) is 5.73 Å². The molecule has 0 spiro atoms. The summed E-state index contributed by atoms with van der Waals surface area (Å²) in [5.41, 5.74) is 9.48. The zero-order valence-corrected chi connectivity index (χ0v) is 12.5. The summed E-state index contributed by atoms with van der Waals surface area (Å²) >= 11 is 0. The average Bonchev–Trinajstić information content (AvgIpc) is 2.42. The number of nitrogens with two attached hydrogens (primary N) is 1. The maximum absolute atomic E-state index is 6.06. The van der Waals surface area contributed by atoms with E-state index < -0.39 is 0 Å². The first kappa shape index (κ1) is 14.6. The van der Waals surface area contributed by atoms with E-state index in [1.807, 2.05) is 31.2 Å². The van der Waals surface area contributed by atoms with E-state index in [-0.39, 0.29) is 6.04 Å². The van der Waals surface area contributed by atoms with Gasteiger partial charge in [0.1, 0.15) is 11.5 Å². The molecule has 2 nitrogen and oxygen atoms in total. The minimum Gasteiger partial charge on any atom is -0.457 e. The Morgan fingerprint density at radius 3 is 2.50 bits per heavy atom. The second-order valence-corrected chi connectivity index (χ2v) is 5.34. The highest BCUT2D eigenvalue weighted by atomic mass is 16.5. The van der Waals surface area contributed by atoms with Crippen LogP contribution in [0.5, 0.6) is 11.5 Å². The molecule has 0 amide bonds. The number of hydrogen-bond donors (Lipinski definition) is 1. The number of hydrogen-bond acceptors (Lipinski definition) is 2. The van der Waals surface area contributed by atoms with Crippen molar-refractivity contribution in [3.63, 3.8) is 0 Å². The van der Waals surface area contributed by atoms with Crippen molar-refractivity contribution >= 4 is 0 Å². The standard InChI is InChI=1S/C18H23NO/c1-4-16-7-5-6-8-18(16)20-17-10-9-15(11-13(17)2)12-14(3)19/h5-11,14H,4,12,19H2,1-3H3. The molecule has 0 heterocycles. The molecule has 20 heavy (non-hydrogen) atoms. The molecule has 2 aromatic carbocycles. The van der Waals surface area contributed by atoms with Crippen LogP contribution in [0.3, 0.4) is 0 Å². The molecule has 2 heteroatoms. The van der Waals surface area contributed by atoms with Gasteiger partial charge in [0.15, 0.2) is 0 Å². The van der Waals surface area contributed by atoms with Gasteiger partial charge >= 0.3 is 0 Å². The van der Waals surface area contributed by atoms with Gasteiger partial charge in [-0.3, -0.25) is 0 Å². The Kier molecular flexibility index (Phi) is 4.80. The molecule has 0 bridgehead atoms. The summed E-state index contributed by atoms with van der Waals surface area (Å²) in [7, 11) is 0. The lowest BCUT2D eigenvalue weighted by atomic mass is 10.0. The van der Waals surface area contributed by atoms with Gasteiger partial charge < -0.3 is 10.5 Å². The fourth-order valence-corrected chi connectivity index (χ4v) is 2.34. The van der Waals surface area contributed by atoms with E-state index >= 15 is 0 Å². The van der Waals surface area contributed by atoms with E-state index in [0.29, 0.717) is 0 Å². The lowest BCUT2D eigenvalue weighted by Crippen LogP contribution is -2.17. The SMILES string of the molecule is CCc1ccccc1Oc1ccc(CC(C)N)cc1C. The van der Waals surface area contributed by atoms with Crippen molar-refractivity contribution in [3.8, 4) is 11.5 Å². The molecule has 1 atom stereocenters. The van der Waals surface area contributed by atoms with Crippen molar-refractivity contribution in [1.29, 1.82) is 0 Å². The Morgan fingerprint density at radius 2 is 1.85 bits per heavy atom. The van der Waals surface area contributed by atoms with Crippen LogP contribution in [0.1, 0.15) is 30.5 Å². The predicted molar refractivity (Wildman–Crippen MR) is 84.4 cm³/mol. The number of para-hydroxylation sites is 1. The van der Waals surface area contributed by atoms with E-state index in [1.165, 1.54) is 11.1 Å². The third-order valence-electron chi connectivity index (χ3n) is 3.37. The van der Waals surface area contributed by atoms with Crippen LogP contribution in [0, 0.1) is 6.92 Å². The first-order valence-corrected chi connectivity index (χ1v) is 7.21. The highest BCUT2D eigenvalue weighted by molar-refractivity contribution is 5.42. The Bertz CT molecular complexity index is 575. The van der Waals surface area contributed by atoms with Gasteiger partial charge in [0.2, 0.25) is 0 Å². The monoisotopic (exact) mass is 269 g/mol. The van der Waals surface area contributed by atoms with E-state index in [9.17, 15) is 0 Å². The molecular weight excluding hydrogens is 246 g/mol. The van der Waals surface area contributed by atoms with Gasteiger partial charge in [-0.05, 0) is 55.5 Å². The largest absolute Gasteiger partial charge is 0.457 e. The van der Waals surface area contributed by atoms with Gasteiger partial charge in [-0.2, -0.15) is 0 Å². The van der Waals surface area contributed by atoms with Gasteiger partial charge in [-0.1, -0.05) is 37.3 Å². The average molecular weight is 269 g/mol. The quantitative estimate of drug-likeness (QED) is 0.881. The molecule has 0 saturated carbocycles. The van der Waals surface area contributed by atoms with Crippen molar-refractivity contribution in [1.82, 2.24) is 0 Å². The van der Waals surface area contributed by atoms with E-state index in [4.69, 9.17) is 10.5 Å². The highest BCUT2D eigenvalue weighted by Gasteiger charge is 2.07. The summed E-state index contributed by atoms with van der Waals surface area (Å²) in [5, 5.41) is 0. The van der Waals surface area contributed by atoms with Gasteiger partial charge in [-0.15, -0.1) is 0 Å². The number of ether oxygens (including phenoxy) is 1. The van der Waals surface area contributed by atoms with Crippen LogP contribution >= 0.6 is 0 Å². The van der Waals surface area contributed by atoms with Crippen molar-refractivity contribution in [2.45, 2.75) is 39.7 Å². The van der Waals surface area contributed by atoms with Gasteiger partial charge in [-0.25, -0.2) is 0 Å². The lowest BCUT2D eigenvalue weighted by molar-refractivity contribution is 0.473. The van der Waals surface area contributed by atoms with Crippen LogP contribution in [0.2, 0.25) is 0 Å². The fraction of sp³-hybridized carbons (Fsp3) is 0.333. The Morgan fingerprint density at radius 1 is 1.10 bits per heavy atom. The van der Waals surface area contributed by atoms with E-state index in [2.05, 4.69) is 32.0 Å². The normalized spacial score (nSPS) is 12.2. The first-order valence-electron chi connectivity index (χ1n) is 7.21. The summed E-state index contributed by atoms with van der Waals surface area (Å²) in [6, 6.07) is 14.7. The zero-order valence-electron chi connectivity index (χ0n) is 12.5. The summed E-state index contributed by atoms with van der Waals surface area (Å²) in [5.74, 6) is 1.86. The Labute approximate surface area is 121 Å². The number of rotatable bonds is 5. The van der Waals surface area contributed by atoms with Gasteiger partial charge in [0.05, 0.1) is 0 Å². The molecular formula is C18H23NO. The fourth-order valence-electron chi connectivity index (χ4n) is 2.34.